The molecule has 0 amide bonds. The fraction of sp³-hybridized carbons (Fsp3) is 0.125. The van der Waals surface area contributed by atoms with Crippen LogP contribution in [0.25, 0.3) is 0 Å². The molecule has 0 radical (unpaired) electrons. The van der Waals surface area contributed by atoms with Crippen LogP contribution >= 0.6 is 0 Å². The maximum atomic E-state index is 9.97. The summed E-state index contributed by atoms with van der Waals surface area (Å²) in [5.74, 6) is 0. The van der Waals surface area contributed by atoms with E-state index in [1.165, 1.54) is 0 Å². The Morgan fingerprint density at radius 1 is 1.20 bits per heavy atom. The minimum atomic E-state index is 0. The normalized spacial score (nSPS) is 8.00. The van der Waals surface area contributed by atoms with Crippen LogP contribution in [0.15, 0.2) is 30.3 Å². The molecular formula is C8H10MgO. The maximum Gasteiger partial charge on any atom is 0.316 e. The minimum absolute atomic E-state index is 0. The third kappa shape index (κ3) is 2.99. The van der Waals surface area contributed by atoms with Gasteiger partial charge in [-0.1, -0.05) is 30.3 Å². The van der Waals surface area contributed by atoms with Gasteiger partial charge in [0.2, 0.25) is 0 Å². The van der Waals surface area contributed by atoms with Crippen molar-refractivity contribution in [1.29, 1.82) is 0 Å². The highest BCUT2D eigenvalue weighted by Gasteiger charge is 1.84. The molecule has 0 atom stereocenters. The van der Waals surface area contributed by atoms with Gasteiger partial charge in [-0.2, -0.15) is 0 Å². The molecular weight excluding hydrogens is 136 g/mol. The van der Waals surface area contributed by atoms with Gasteiger partial charge >= 0.3 is 23.1 Å². The van der Waals surface area contributed by atoms with Gasteiger partial charge < -0.3 is 4.79 Å². The van der Waals surface area contributed by atoms with Crippen LogP contribution in [0, 0.1) is 0 Å². The predicted molar refractivity (Wildman–Crippen MR) is 44.8 cm³/mol. The highest BCUT2D eigenvalue weighted by Crippen LogP contribution is 1.96. The van der Waals surface area contributed by atoms with Crippen LogP contribution < -0.4 is 0 Å². The average molecular weight is 146 g/mol. The number of carbonyl (C=O) groups is 1. The van der Waals surface area contributed by atoms with E-state index in [-0.39, 0.29) is 23.1 Å². The Hall–Kier alpha value is -0.344. The van der Waals surface area contributed by atoms with E-state index in [2.05, 4.69) is 0 Å². The van der Waals surface area contributed by atoms with Gasteiger partial charge in [0.25, 0.3) is 0 Å². The quantitative estimate of drug-likeness (QED) is 0.439. The van der Waals surface area contributed by atoms with E-state index in [1.54, 1.807) is 0 Å². The largest absolute Gasteiger partial charge is 0.316 e. The van der Waals surface area contributed by atoms with E-state index in [0.717, 1.165) is 11.8 Å². The Balaban J connectivity index is 0.000000810. The van der Waals surface area contributed by atoms with Crippen LogP contribution in [0.5, 0.6) is 0 Å². The first kappa shape index (κ1) is 9.66. The SMILES string of the molecule is O=CCc1ccccc1.[MgH2]. The molecule has 10 heavy (non-hydrogen) atoms. The highest BCUT2D eigenvalue weighted by atomic mass is 24.3. The summed E-state index contributed by atoms with van der Waals surface area (Å²) in [5.41, 5.74) is 1.08. The molecule has 0 saturated heterocycles. The van der Waals surface area contributed by atoms with Gasteiger partial charge in [-0.15, -0.1) is 0 Å². The summed E-state index contributed by atoms with van der Waals surface area (Å²) in [6.45, 7) is 0. The number of hydrogen-bond acceptors (Lipinski definition) is 1. The van der Waals surface area contributed by atoms with Crippen molar-refractivity contribution in [1.82, 2.24) is 0 Å². The molecule has 0 fully saturated rings. The lowest BCUT2D eigenvalue weighted by atomic mass is 10.2. The van der Waals surface area contributed by atoms with Crippen LogP contribution in [0.2, 0.25) is 0 Å². The van der Waals surface area contributed by atoms with Crippen molar-refractivity contribution in [3.63, 3.8) is 0 Å². The molecule has 0 heterocycles. The Morgan fingerprint density at radius 3 is 2.30 bits per heavy atom. The smallest absolute Gasteiger partial charge is 0.303 e. The summed E-state index contributed by atoms with van der Waals surface area (Å²) in [5, 5.41) is 0. The summed E-state index contributed by atoms with van der Waals surface area (Å²) < 4.78 is 0. The number of benzene rings is 1. The van der Waals surface area contributed by atoms with Crippen molar-refractivity contribution < 1.29 is 4.79 Å². The van der Waals surface area contributed by atoms with E-state index >= 15 is 0 Å². The average Bonchev–Trinajstić information content (AvgIpc) is 1.91. The number of rotatable bonds is 2. The van der Waals surface area contributed by atoms with Gasteiger partial charge in [0, 0.05) is 6.42 Å². The van der Waals surface area contributed by atoms with Gasteiger partial charge in [-0.3, -0.25) is 0 Å². The Bertz CT molecular complexity index is 184. The van der Waals surface area contributed by atoms with E-state index in [1.807, 2.05) is 30.3 Å². The zero-order chi connectivity index (χ0) is 6.53. The molecule has 1 nitrogen and oxygen atoms in total. The van der Waals surface area contributed by atoms with Crippen LogP contribution in [0.1, 0.15) is 5.56 Å². The van der Waals surface area contributed by atoms with Crippen LogP contribution in [-0.2, 0) is 11.2 Å². The first-order valence-corrected chi connectivity index (χ1v) is 2.91. The number of hydrogen-bond donors (Lipinski definition) is 0. The zero-order valence-electron chi connectivity index (χ0n) is 5.08. The van der Waals surface area contributed by atoms with Crippen molar-refractivity contribution >= 4 is 29.3 Å². The van der Waals surface area contributed by atoms with Crippen molar-refractivity contribution in [3.05, 3.63) is 35.9 Å². The molecule has 0 saturated carbocycles. The molecule has 1 rings (SSSR count). The van der Waals surface area contributed by atoms with E-state index in [4.69, 9.17) is 0 Å². The van der Waals surface area contributed by atoms with Crippen LogP contribution in [-0.4, -0.2) is 29.3 Å². The molecule has 2 heteroatoms. The van der Waals surface area contributed by atoms with E-state index < -0.39 is 0 Å². The molecule has 0 aromatic heterocycles. The summed E-state index contributed by atoms with van der Waals surface area (Å²) in [4.78, 5) is 9.97. The van der Waals surface area contributed by atoms with Gasteiger partial charge in [-0.25, -0.2) is 0 Å². The number of carbonyl (C=O) groups excluding carboxylic acids is 1. The summed E-state index contributed by atoms with van der Waals surface area (Å²) in [7, 11) is 0. The second kappa shape index (κ2) is 5.44. The number of aldehydes is 1. The van der Waals surface area contributed by atoms with Gasteiger partial charge in [-0.05, 0) is 5.56 Å². The van der Waals surface area contributed by atoms with Gasteiger partial charge in [0.1, 0.15) is 6.29 Å². The van der Waals surface area contributed by atoms with Crippen molar-refractivity contribution in [2.45, 2.75) is 6.42 Å². The third-order valence-corrected chi connectivity index (χ3v) is 1.16. The lowest BCUT2D eigenvalue weighted by Gasteiger charge is -1.89. The molecule has 0 aliphatic rings. The first-order chi connectivity index (χ1) is 4.43. The molecule has 0 aliphatic heterocycles. The summed E-state index contributed by atoms with van der Waals surface area (Å²) in [6, 6.07) is 9.68. The van der Waals surface area contributed by atoms with E-state index in [9.17, 15) is 4.79 Å². The topological polar surface area (TPSA) is 17.1 Å². The van der Waals surface area contributed by atoms with Crippen molar-refractivity contribution in [2.75, 3.05) is 0 Å². The fourth-order valence-electron chi connectivity index (χ4n) is 0.710. The molecule has 0 unspecified atom stereocenters. The molecule has 50 valence electrons. The van der Waals surface area contributed by atoms with Crippen molar-refractivity contribution in [2.24, 2.45) is 0 Å². The Labute approximate surface area is 76.6 Å². The summed E-state index contributed by atoms with van der Waals surface area (Å²) in [6.07, 6.45) is 1.44. The third-order valence-electron chi connectivity index (χ3n) is 1.16. The second-order valence-corrected chi connectivity index (χ2v) is 1.86. The van der Waals surface area contributed by atoms with Gasteiger partial charge in [0.15, 0.2) is 0 Å². The van der Waals surface area contributed by atoms with E-state index in [0.29, 0.717) is 6.42 Å². The Kier molecular flexibility index (Phi) is 5.25. The molecule has 1 aromatic carbocycles. The first-order valence-electron chi connectivity index (χ1n) is 2.91. The molecule has 0 spiro atoms. The van der Waals surface area contributed by atoms with Gasteiger partial charge in [0.05, 0.1) is 0 Å². The predicted octanol–water partition coefficient (Wildman–Crippen LogP) is 0.512. The molecule has 0 N–H and O–H groups in total. The molecule has 0 bridgehead atoms. The lowest BCUT2D eigenvalue weighted by molar-refractivity contribution is -0.107. The standard InChI is InChI=1S/C8H8O.Mg.2H/c9-7-6-8-4-2-1-3-5-8;;;/h1-5,7H,6H2;;;. The fourth-order valence-corrected chi connectivity index (χ4v) is 0.710. The highest BCUT2D eigenvalue weighted by molar-refractivity contribution is 5.75. The Morgan fingerprint density at radius 2 is 1.80 bits per heavy atom. The van der Waals surface area contributed by atoms with Crippen LogP contribution in [0.3, 0.4) is 0 Å². The summed E-state index contributed by atoms with van der Waals surface area (Å²) >= 11 is 0. The molecule has 1 aromatic rings. The van der Waals surface area contributed by atoms with Crippen LogP contribution in [0.4, 0.5) is 0 Å². The second-order valence-electron chi connectivity index (χ2n) is 1.86. The lowest BCUT2D eigenvalue weighted by Crippen LogP contribution is -1.82. The molecule has 0 aliphatic carbocycles. The zero-order valence-corrected chi connectivity index (χ0v) is 5.08. The maximum absolute atomic E-state index is 9.97. The van der Waals surface area contributed by atoms with Crippen molar-refractivity contribution in [3.8, 4) is 0 Å². The monoisotopic (exact) mass is 146 g/mol. The minimum Gasteiger partial charge on any atom is -0.303 e.